The first kappa shape index (κ1) is 15.0. The molecule has 0 fully saturated rings. The zero-order valence-electron chi connectivity index (χ0n) is 11.6. The lowest BCUT2D eigenvalue weighted by molar-refractivity contribution is 0.0956. The van der Waals surface area contributed by atoms with Gasteiger partial charge in [-0.15, -0.1) is 0 Å². The standard InChI is InChI=1S/C14H21N3O2/c1-4-15-13(18)12-7-5-11(6-8-12)9-16-14(19)17-10(2)3/h5-8,10H,4,9H2,1-3H3,(H,15,18)(H2,16,17,19). The van der Waals surface area contributed by atoms with Crippen molar-refractivity contribution < 1.29 is 9.59 Å². The molecule has 5 nitrogen and oxygen atoms in total. The van der Waals surface area contributed by atoms with Gasteiger partial charge in [0.25, 0.3) is 5.91 Å². The van der Waals surface area contributed by atoms with Crippen LogP contribution in [0.4, 0.5) is 4.79 Å². The molecule has 5 heteroatoms. The first-order valence-electron chi connectivity index (χ1n) is 6.44. The summed E-state index contributed by atoms with van der Waals surface area (Å²) in [6.45, 7) is 6.73. The van der Waals surface area contributed by atoms with E-state index in [-0.39, 0.29) is 18.0 Å². The molecule has 0 atom stereocenters. The second-order valence-electron chi connectivity index (χ2n) is 4.54. The largest absolute Gasteiger partial charge is 0.352 e. The van der Waals surface area contributed by atoms with E-state index < -0.39 is 0 Å². The highest BCUT2D eigenvalue weighted by molar-refractivity contribution is 5.94. The minimum atomic E-state index is -0.192. The van der Waals surface area contributed by atoms with E-state index in [4.69, 9.17) is 0 Å². The van der Waals surface area contributed by atoms with Crippen LogP contribution in [0.15, 0.2) is 24.3 Å². The zero-order chi connectivity index (χ0) is 14.3. The lowest BCUT2D eigenvalue weighted by atomic mass is 10.1. The molecule has 3 N–H and O–H groups in total. The van der Waals surface area contributed by atoms with Crippen LogP contribution in [0.5, 0.6) is 0 Å². The average Bonchev–Trinajstić information content (AvgIpc) is 2.36. The van der Waals surface area contributed by atoms with Crippen molar-refractivity contribution in [3.05, 3.63) is 35.4 Å². The first-order chi connectivity index (χ1) is 9.02. The third-order valence-electron chi connectivity index (χ3n) is 2.43. The van der Waals surface area contributed by atoms with E-state index in [1.807, 2.05) is 32.9 Å². The van der Waals surface area contributed by atoms with E-state index in [1.165, 1.54) is 0 Å². The number of carbonyl (C=O) groups is 2. The Kier molecular flexibility index (Phi) is 5.85. The Morgan fingerprint density at radius 2 is 1.74 bits per heavy atom. The molecule has 0 radical (unpaired) electrons. The van der Waals surface area contributed by atoms with E-state index in [9.17, 15) is 9.59 Å². The van der Waals surface area contributed by atoms with Crippen LogP contribution in [0.3, 0.4) is 0 Å². The van der Waals surface area contributed by atoms with Crippen molar-refractivity contribution in [2.45, 2.75) is 33.4 Å². The topological polar surface area (TPSA) is 70.2 Å². The van der Waals surface area contributed by atoms with Gasteiger partial charge in [-0.2, -0.15) is 0 Å². The molecule has 0 aromatic heterocycles. The van der Waals surface area contributed by atoms with E-state index in [2.05, 4.69) is 16.0 Å². The molecule has 19 heavy (non-hydrogen) atoms. The summed E-state index contributed by atoms with van der Waals surface area (Å²) in [7, 11) is 0. The summed E-state index contributed by atoms with van der Waals surface area (Å²) in [5.41, 5.74) is 1.57. The Morgan fingerprint density at radius 3 is 2.26 bits per heavy atom. The van der Waals surface area contributed by atoms with Crippen molar-refractivity contribution >= 4 is 11.9 Å². The zero-order valence-corrected chi connectivity index (χ0v) is 11.6. The van der Waals surface area contributed by atoms with Gasteiger partial charge in [-0.1, -0.05) is 12.1 Å². The van der Waals surface area contributed by atoms with Crippen LogP contribution in [0.2, 0.25) is 0 Å². The molecule has 1 aromatic carbocycles. The number of benzene rings is 1. The molecule has 0 bridgehead atoms. The van der Waals surface area contributed by atoms with Gasteiger partial charge in [0.05, 0.1) is 0 Å². The highest BCUT2D eigenvalue weighted by Gasteiger charge is 2.05. The van der Waals surface area contributed by atoms with Gasteiger partial charge in [-0.05, 0) is 38.5 Å². The molecule has 104 valence electrons. The van der Waals surface area contributed by atoms with E-state index in [0.29, 0.717) is 18.7 Å². The normalized spacial score (nSPS) is 10.1. The van der Waals surface area contributed by atoms with Crippen LogP contribution >= 0.6 is 0 Å². The van der Waals surface area contributed by atoms with Crippen LogP contribution in [-0.2, 0) is 6.54 Å². The van der Waals surface area contributed by atoms with Crippen molar-refractivity contribution in [3.8, 4) is 0 Å². The molecule has 0 spiro atoms. The summed E-state index contributed by atoms with van der Waals surface area (Å²) < 4.78 is 0. The van der Waals surface area contributed by atoms with Crippen molar-refractivity contribution in [2.24, 2.45) is 0 Å². The highest BCUT2D eigenvalue weighted by atomic mass is 16.2. The van der Waals surface area contributed by atoms with Crippen LogP contribution in [0.25, 0.3) is 0 Å². The van der Waals surface area contributed by atoms with Gasteiger partial charge in [0.1, 0.15) is 0 Å². The van der Waals surface area contributed by atoms with Gasteiger partial charge in [-0.25, -0.2) is 4.79 Å². The number of rotatable bonds is 5. The van der Waals surface area contributed by atoms with Gasteiger partial charge in [-0.3, -0.25) is 4.79 Å². The first-order valence-corrected chi connectivity index (χ1v) is 6.44. The number of amides is 3. The SMILES string of the molecule is CCNC(=O)c1ccc(CNC(=O)NC(C)C)cc1. The second kappa shape index (κ2) is 7.41. The van der Waals surface area contributed by atoms with E-state index >= 15 is 0 Å². The lowest BCUT2D eigenvalue weighted by Gasteiger charge is -2.10. The molecule has 0 aliphatic rings. The van der Waals surface area contributed by atoms with Gasteiger partial charge in [0.15, 0.2) is 0 Å². The number of hydrogen-bond acceptors (Lipinski definition) is 2. The molecule has 3 amide bonds. The monoisotopic (exact) mass is 263 g/mol. The van der Waals surface area contributed by atoms with Gasteiger partial charge < -0.3 is 16.0 Å². The molecule has 0 saturated carbocycles. The van der Waals surface area contributed by atoms with Crippen LogP contribution in [-0.4, -0.2) is 24.5 Å². The summed E-state index contributed by atoms with van der Waals surface area (Å²) in [4.78, 5) is 23.0. The molecule has 0 aliphatic carbocycles. The van der Waals surface area contributed by atoms with Crippen molar-refractivity contribution in [1.29, 1.82) is 0 Å². The molecule has 1 rings (SSSR count). The quantitative estimate of drug-likeness (QED) is 0.756. The minimum absolute atomic E-state index is 0.0837. The average molecular weight is 263 g/mol. The van der Waals surface area contributed by atoms with Crippen LogP contribution < -0.4 is 16.0 Å². The molecule has 1 aromatic rings. The number of nitrogens with one attached hydrogen (secondary N) is 3. The summed E-state index contributed by atoms with van der Waals surface area (Å²) in [6, 6.07) is 7.09. The van der Waals surface area contributed by atoms with Crippen molar-refractivity contribution in [1.82, 2.24) is 16.0 Å². The second-order valence-corrected chi connectivity index (χ2v) is 4.54. The van der Waals surface area contributed by atoms with Crippen LogP contribution in [0.1, 0.15) is 36.7 Å². The third-order valence-corrected chi connectivity index (χ3v) is 2.43. The maximum atomic E-state index is 11.6. The van der Waals surface area contributed by atoms with Crippen molar-refractivity contribution in [2.75, 3.05) is 6.54 Å². The third kappa shape index (κ3) is 5.42. The molecule has 0 saturated heterocycles. The maximum Gasteiger partial charge on any atom is 0.315 e. The lowest BCUT2D eigenvalue weighted by Crippen LogP contribution is -2.39. The molecule has 0 heterocycles. The Labute approximate surface area is 113 Å². The summed E-state index contributed by atoms with van der Waals surface area (Å²) in [5, 5.41) is 8.23. The number of carbonyl (C=O) groups excluding carboxylic acids is 2. The van der Waals surface area contributed by atoms with E-state index in [0.717, 1.165) is 5.56 Å². The van der Waals surface area contributed by atoms with Gasteiger partial charge in [0, 0.05) is 24.7 Å². The predicted molar refractivity (Wildman–Crippen MR) is 75.0 cm³/mol. The van der Waals surface area contributed by atoms with Gasteiger partial charge in [0.2, 0.25) is 0 Å². The number of hydrogen-bond donors (Lipinski definition) is 3. The van der Waals surface area contributed by atoms with E-state index in [1.54, 1.807) is 12.1 Å². The summed E-state index contributed by atoms with van der Waals surface area (Å²) >= 11 is 0. The highest BCUT2D eigenvalue weighted by Crippen LogP contribution is 2.04. The predicted octanol–water partition coefficient (Wildman–Crippen LogP) is 1.64. The Hall–Kier alpha value is -2.04. The summed E-state index contributed by atoms with van der Waals surface area (Å²) in [6.07, 6.45) is 0. The van der Waals surface area contributed by atoms with Crippen LogP contribution in [0, 0.1) is 0 Å². The Balaban J connectivity index is 2.48. The summed E-state index contributed by atoms with van der Waals surface area (Å²) in [5.74, 6) is -0.0837. The molecular formula is C14H21N3O2. The maximum absolute atomic E-state index is 11.6. The molecule has 0 aliphatic heterocycles. The van der Waals surface area contributed by atoms with Gasteiger partial charge >= 0.3 is 6.03 Å². The smallest absolute Gasteiger partial charge is 0.315 e. The fraction of sp³-hybridized carbons (Fsp3) is 0.429. The Morgan fingerprint density at radius 1 is 1.11 bits per heavy atom. The fourth-order valence-corrected chi connectivity index (χ4v) is 1.53. The molecule has 0 unspecified atom stereocenters. The molecular weight excluding hydrogens is 242 g/mol. The van der Waals surface area contributed by atoms with Crippen molar-refractivity contribution in [3.63, 3.8) is 0 Å². The number of urea groups is 1. The Bertz CT molecular complexity index is 427. The minimum Gasteiger partial charge on any atom is -0.352 e. The fourth-order valence-electron chi connectivity index (χ4n) is 1.53.